The Morgan fingerprint density at radius 1 is 1.06 bits per heavy atom. The monoisotopic (exact) mass is 247 g/mol. The van der Waals surface area contributed by atoms with Crippen LogP contribution in [0, 0.1) is 0 Å². The van der Waals surface area contributed by atoms with E-state index in [0.29, 0.717) is 5.95 Å². The quantitative estimate of drug-likeness (QED) is 0.800. The smallest absolute Gasteiger partial charge is 0.341 e. The van der Waals surface area contributed by atoms with Gasteiger partial charge in [0.2, 0.25) is 5.95 Å². The molecule has 0 aromatic carbocycles. The van der Waals surface area contributed by atoms with Crippen LogP contribution in [0.2, 0.25) is 0 Å². The first kappa shape index (κ1) is 13.7. The third-order valence-corrected chi connectivity index (χ3v) is 2.24. The van der Waals surface area contributed by atoms with Crippen molar-refractivity contribution in [3.05, 3.63) is 18.0 Å². The Kier molecular flexibility index (Phi) is 4.72. The van der Waals surface area contributed by atoms with Gasteiger partial charge < -0.3 is 4.90 Å². The fraction of sp³-hybridized carbons (Fsp3) is 0.636. The lowest BCUT2D eigenvalue weighted by molar-refractivity contribution is -0.138. The summed E-state index contributed by atoms with van der Waals surface area (Å²) in [6.45, 7) is 5.51. The zero-order valence-corrected chi connectivity index (χ0v) is 9.96. The van der Waals surface area contributed by atoms with E-state index in [1.807, 2.05) is 18.7 Å². The van der Waals surface area contributed by atoms with E-state index in [-0.39, 0.29) is 0 Å². The lowest BCUT2D eigenvalue weighted by atomic mass is 10.3. The first-order chi connectivity index (χ1) is 7.99. The number of aromatic nitrogens is 2. The van der Waals surface area contributed by atoms with Gasteiger partial charge in [0, 0.05) is 25.5 Å². The molecule has 0 saturated carbocycles. The molecule has 0 aliphatic heterocycles. The molecule has 1 heterocycles. The molecule has 96 valence electrons. The average molecular weight is 247 g/mol. The molecule has 0 bridgehead atoms. The fourth-order valence-electron chi connectivity index (χ4n) is 1.48. The fourth-order valence-corrected chi connectivity index (χ4v) is 1.48. The Morgan fingerprint density at radius 3 is 1.88 bits per heavy atom. The number of hydrogen-bond acceptors (Lipinski definition) is 3. The maximum Gasteiger partial charge on any atom is 0.419 e. The molecular weight excluding hydrogens is 231 g/mol. The number of rotatable bonds is 5. The molecule has 0 unspecified atom stereocenters. The molecule has 6 heteroatoms. The molecule has 0 fully saturated rings. The number of nitrogens with zero attached hydrogens (tertiary/aromatic N) is 3. The van der Waals surface area contributed by atoms with Crippen LogP contribution >= 0.6 is 0 Å². The normalized spacial score (nSPS) is 11.6. The van der Waals surface area contributed by atoms with Crippen LogP contribution < -0.4 is 4.90 Å². The van der Waals surface area contributed by atoms with Crippen LogP contribution in [0.25, 0.3) is 0 Å². The predicted octanol–water partition coefficient (Wildman–Crippen LogP) is 3.12. The summed E-state index contributed by atoms with van der Waals surface area (Å²) in [5.74, 6) is 0.363. The van der Waals surface area contributed by atoms with E-state index in [1.165, 1.54) is 0 Å². The second-order valence-electron chi connectivity index (χ2n) is 3.76. The van der Waals surface area contributed by atoms with Crippen LogP contribution in [-0.4, -0.2) is 23.1 Å². The van der Waals surface area contributed by atoms with Crippen molar-refractivity contribution in [2.24, 2.45) is 0 Å². The van der Waals surface area contributed by atoms with Crippen LogP contribution in [0.3, 0.4) is 0 Å². The van der Waals surface area contributed by atoms with Gasteiger partial charge in [-0.15, -0.1) is 0 Å². The molecule has 1 aromatic rings. The summed E-state index contributed by atoms with van der Waals surface area (Å²) in [7, 11) is 0. The van der Waals surface area contributed by atoms with Gasteiger partial charge in [0.05, 0.1) is 5.56 Å². The first-order valence-corrected chi connectivity index (χ1v) is 5.63. The van der Waals surface area contributed by atoms with Crippen LogP contribution in [-0.2, 0) is 6.18 Å². The molecule has 0 aliphatic carbocycles. The van der Waals surface area contributed by atoms with Crippen LogP contribution in [0.4, 0.5) is 19.1 Å². The molecule has 3 nitrogen and oxygen atoms in total. The van der Waals surface area contributed by atoms with Crippen molar-refractivity contribution in [2.75, 3.05) is 18.0 Å². The molecule has 0 spiro atoms. The van der Waals surface area contributed by atoms with E-state index in [0.717, 1.165) is 38.3 Å². The van der Waals surface area contributed by atoms with Gasteiger partial charge in [-0.1, -0.05) is 13.8 Å². The molecule has 1 aromatic heterocycles. The summed E-state index contributed by atoms with van der Waals surface area (Å²) in [6.07, 6.45) is -0.894. The maximum atomic E-state index is 12.3. The van der Waals surface area contributed by atoms with E-state index in [2.05, 4.69) is 9.97 Å². The second-order valence-corrected chi connectivity index (χ2v) is 3.76. The molecule has 0 N–H and O–H groups in total. The Hall–Kier alpha value is -1.33. The van der Waals surface area contributed by atoms with Gasteiger partial charge in [0.25, 0.3) is 0 Å². The third-order valence-electron chi connectivity index (χ3n) is 2.24. The SMILES string of the molecule is CCCN(CCC)c1ncc(C(F)(F)F)cn1. The van der Waals surface area contributed by atoms with Gasteiger partial charge in [-0.3, -0.25) is 0 Å². The molecule has 0 radical (unpaired) electrons. The van der Waals surface area contributed by atoms with Gasteiger partial charge >= 0.3 is 6.18 Å². The highest BCUT2D eigenvalue weighted by Gasteiger charge is 2.31. The van der Waals surface area contributed by atoms with Gasteiger partial charge in [-0.2, -0.15) is 13.2 Å². The third kappa shape index (κ3) is 3.87. The van der Waals surface area contributed by atoms with Crippen LogP contribution in [0.5, 0.6) is 0 Å². The molecule has 0 amide bonds. The summed E-state index contributed by atoms with van der Waals surface area (Å²) in [5.41, 5.74) is -0.811. The minimum Gasteiger partial charge on any atom is -0.341 e. The number of halogens is 3. The van der Waals surface area contributed by atoms with Gasteiger partial charge in [0.15, 0.2) is 0 Å². The van der Waals surface area contributed by atoms with Crippen molar-refractivity contribution in [3.8, 4) is 0 Å². The van der Waals surface area contributed by atoms with Crippen molar-refractivity contribution >= 4 is 5.95 Å². The summed E-state index contributed by atoms with van der Waals surface area (Å²) in [4.78, 5) is 9.44. The number of alkyl halides is 3. The molecular formula is C11H16F3N3. The van der Waals surface area contributed by atoms with E-state index >= 15 is 0 Å². The van der Waals surface area contributed by atoms with E-state index in [4.69, 9.17) is 0 Å². The summed E-state index contributed by atoms with van der Waals surface area (Å²) >= 11 is 0. The highest BCUT2D eigenvalue weighted by molar-refractivity contribution is 5.30. The summed E-state index contributed by atoms with van der Waals surface area (Å²) in [6, 6.07) is 0. The van der Waals surface area contributed by atoms with Crippen molar-refractivity contribution in [3.63, 3.8) is 0 Å². The van der Waals surface area contributed by atoms with Crippen molar-refractivity contribution < 1.29 is 13.2 Å². The van der Waals surface area contributed by atoms with Gasteiger partial charge in [-0.05, 0) is 12.8 Å². The zero-order valence-electron chi connectivity index (χ0n) is 9.96. The number of anilines is 1. The molecule has 0 saturated heterocycles. The standard InChI is InChI=1S/C11H16F3N3/c1-3-5-17(6-4-2)10-15-7-9(8-16-10)11(12,13)14/h7-8H,3-6H2,1-2H3. The van der Waals surface area contributed by atoms with E-state index < -0.39 is 11.7 Å². The lowest BCUT2D eigenvalue weighted by Crippen LogP contribution is -2.27. The number of hydrogen-bond donors (Lipinski definition) is 0. The Morgan fingerprint density at radius 2 is 1.53 bits per heavy atom. The Labute approximate surface area is 98.7 Å². The minimum atomic E-state index is -4.38. The topological polar surface area (TPSA) is 29.0 Å². The average Bonchev–Trinajstić information content (AvgIpc) is 2.28. The maximum absolute atomic E-state index is 12.3. The zero-order chi connectivity index (χ0) is 12.9. The predicted molar refractivity (Wildman–Crippen MR) is 59.8 cm³/mol. The largest absolute Gasteiger partial charge is 0.419 e. The second kappa shape index (κ2) is 5.84. The molecule has 1 rings (SSSR count). The van der Waals surface area contributed by atoms with Crippen LogP contribution in [0.15, 0.2) is 12.4 Å². The molecule has 0 atom stereocenters. The van der Waals surface area contributed by atoms with Crippen molar-refractivity contribution in [1.82, 2.24) is 9.97 Å². The Bertz CT molecular complexity index is 329. The Balaban J connectivity index is 2.84. The van der Waals surface area contributed by atoms with Crippen LogP contribution in [0.1, 0.15) is 32.3 Å². The van der Waals surface area contributed by atoms with E-state index in [9.17, 15) is 13.2 Å². The van der Waals surface area contributed by atoms with Gasteiger partial charge in [0.1, 0.15) is 0 Å². The first-order valence-electron chi connectivity index (χ1n) is 5.63. The van der Waals surface area contributed by atoms with Crippen molar-refractivity contribution in [1.29, 1.82) is 0 Å². The lowest BCUT2D eigenvalue weighted by Gasteiger charge is -2.21. The summed E-state index contributed by atoms with van der Waals surface area (Å²) in [5, 5.41) is 0. The van der Waals surface area contributed by atoms with Crippen molar-refractivity contribution in [2.45, 2.75) is 32.9 Å². The summed E-state index contributed by atoms with van der Waals surface area (Å²) < 4.78 is 37.0. The molecule has 17 heavy (non-hydrogen) atoms. The molecule has 0 aliphatic rings. The van der Waals surface area contributed by atoms with Gasteiger partial charge in [-0.25, -0.2) is 9.97 Å². The highest BCUT2D eigenvalue weighted by Crippen LogP contribution is 2.28. The highest BCUT2D eigenvalue weighted by atomic mass is 19.4. The van der Waals surface area contributed by atoms with E-state index in [1.54, 1.807) is 0 Å². The minimum absolute atomic E-state index is 0.363.